The summed E-state index contributed by atoms with van der Waals surface area (Å²) in [4.78, 5) is 18.8. The minimum absolute atomic E-state index is 0.228. The van der Waals surface area contributed by atoms with Crippen molar-refractivity contribution in [3.05, 3.63) is 47.8 Å². The van der Waals surface area contributed by atoms with E-state index in [1.165, 1.54) is 30.4 Å². The number of carbonyl (C=O) groups excluding carboxylic acids is 1. The second-order valence-electron chi connectivity index (χ2n) is 7.03. The first-order valence-corrected chi connectivity index (χ1v) is 8.97. The molecule has 2 aromatic rings. The predicted octanol–water partition coefficient (Wildman–Crippen LogP) is 4.08. The van der Waals surface area contributed by atoms with Crippen LogP contribution in [0.25, 0.3) is 0 Å². The number of amides is 2. The molecule has 1 aliphatic heterocycles. The summed E-state index contributed by atoms with van der Waals surface area (Å²) in [5, 5.41) is 2.67. The van der Waals surface area contributed by atoms with Gasteiger partial charge in [0.2, 0.25) is 0 Å². The highest BCUT2D eigenvalue weighted by Crippen LogP contribution is 2.41. The van der Waals surface area contributed by atoms with E-state index in [-0.39, 0.29) is 11.7 Å². The van der Waals surface area contributed by atoms with E-state index in [9.17, 15) is 9.18 Å². The van der Waals surface area contributed by atoms with Crippen molar-refractivity contribution in [1.29, 1.82) is 0 Å². The molecule has 0 atom stereocenters. The Hall–Kier alpha value is -2.37. The van der Waals surface area contributed by atoms with Gasteiger partial charge in [0.15, 0.2) is 0 Å². The Morgan fingerprint density at radius 1 is 1.20 bits per heavy atom. The van der Waals surface area contributed by atoms with Gasteiger partial charge in [-0.05, 0) is 44.7 Å². The molecule has 1 aromatic carbocycles. The molecule has 1 aliphatic carbocycles. The molecule has 1 N–H and O–H groups in total. The van der Waals surface area contributed by atoms with Crippen LogP contribution in [0.15, 0.2) is 30.5 Å². The Morgan fingerprint density at radius 2 is 1.92 bits per heavy atom. The summed E-state index contributed by atoms with van der Waals surface area (Å²) in [5.41, 5.74) is 1.44. The number of piperidine rings is 1. The number of aromatic nitrogens is 2. The molecule has 4 rings (SSSR count). The van der Waals surface area contributed by atoms with Crippen molar-refractivity contribution < 1.29 is 9.18 Å². The van der Waals surface area contributed by atoms with Gasteiger partial charge in [0.1, 0.15) is 11.6 Å². The Labute approximate surface area is 146 Å². The van der Waals surface area contributed by atoms with Crippen LogP contribution in [0.3, 0.4) is 0 Å². The summed E-state index contributed by atoms with van der Waals surface area (Å²) < 4.78 is 16.1. The van der Waals surface area contributed by atoms with Crippen LogP contribution >= 0.6 is 0 Å². The van der Waals surface area contributed by atoms with E-state index in [1.807, 2.05) is 6.20 Å². The van der Waals surface area contributed by atoms with Gasteiger partial charge in [-0.3, -0.25) is 0 Å². The van der Waals surface area contributed by atoms with Crippen molar-refractivity contribution in [3.63, 3.8) is 0 Å². The number of likely N-dealkylation sites (tertiary alicyclic amines) is 1. The number of anilines is 1. The first-order valence-electron chi connectivity index (χ1n) is 8.97. The molecule has 2 aliphatic rings. The van der Waals surface area contributed by atoms with E-state index < -0.39 is 5.82 Å². The van der Waals surface area contributed by atoms with Crippen LogP contribution in [-0.2, 0) is 0 Å². The van der Waals surface area contributed by atoms with Crippen molar-refractivity contribution in [2.24, 2.45) is 0 Å². The summed E-state index contributed by atoms with van der Waals surface area (Å²) in [6.07, 6.45) is 6.24. The number of imidazole rings is 1. The van der Waals surface area contributed by atoms with Crippen LogP contribution in [0, 0.1) is 12.7 Å². The first-order chi connectivity index (χ1) is 12.1. The van der Waals surface area contributed by atoms with Crippen molar-refractivity contribution in [2.75, 3.05) is 18.4 Å². The second kappa shape index (κ2) is 6.50. The molecule has 2 fully saturated rings. The highest BCUT2D eigenvalue weighted by atomic mass is 19.1. The molecule has 2 amide bonds. The molecule has 5 nitrogen and oxygen atoms in total. The number of para-hydroxylation sites is 1. The zero-order valence-electron chi connectivity index (χ0n) is 14.4. The largest absolute Gasteiger partial charge is 0.329 e. The van der Waals surface area contributed by atoms with E-state index in [2.05, 4.69) is 21.8 Å². The Balaban J connectivity index is 1.39. The Kier molecular flexibility index (Phi) is 4.19. The number of nitrogens with zero attached hydrogens (tertiary/aromatic N) is 3. The van der Waals surface area contributed by atoms with Crippen LogP contribution in [0.1, 0.15) is 49.2 Å². The van der Waals surface area contributed by atoms with Gasteiger partial charge in [-0.25, -0.2) is 14.2 Å². The third-order valence-electron chi connectivity index (χ3n) is 5.19. The second-order valence-corrected chi connectivity index (χ2v) is 7.03. The fourth-order valence-corrected chi connectivity index (χ4v) is 3.67. The Bertz CT molecular complexity index is 775. The van der Waals surface area contributed by atoms with Gasteiger partial charge < -0.3 is 14.8 Å². The van der Waals surface area contributed by atoms with Crippen LogP contribution < -0.4 is 5.32 Å². The average Bonchev–Trinajstić information content (AvgIpc) is 3.39. The molecule has 132 valence electrons. The number of hydrogen-bond acceptors (Lipinski definition) is 2. The maximum atomic E-state index is 13.7. The SMILES string of the molecule is Cc1cnc(C2CC2)n1C1CCN(C(=O)Nc2ccccc2F)CC1. The molecule has 0 bridgehead atoms. The first kappa shape index (κ1) is 16.1. The molecule has 1 saturated heterocycles. The van der Waals surface area contributed by atoms with E-state index >= 15 is 0 Å². The van der Waals surface area contributed by atoms with Gasteiger partial charge in [0.25, 0.3) is 0 Å². The van der Waals surface area contributed by atoms with Crippen molar-refractivity contribution in [3.8, 4) is 0 Å². The number of rotatable bonds is 3. The summed E-state index contributed by atoms with van der Waals surface area (Å²) in [6.45, 7) is 3.45. The summed E-state index contributed by atoms with van der Waals surface area (Å²) in [7, 11) is 0. The number of carbonyl (C=O) groups is 1. The van der Waals surface area contributed by atoms with Crippen LogP contribution in [-0.4, -0.2) is 33.6 Å². The minimum Gasteiger partial charge on any atom is -0.329 e. The van der Waals surface area contributed by atoms with E-state index in [0.717, 1.165) is 12.8 Å². The zero-order valence-corrected chi connectivity index (χ0v) is 14.4. The highest BCUT2D eigenvalue weighted by Gasteiger charge is 2.32. The normalized spacial score (nSPS) is 18.4. The molecule has 6 heteroatoms. The van der Waals surface area contributed by atoms with E-state index in [1.54, 1.807) is 23.1 Å². The lowest BCUT2D eigenvalue weighted by Gasteiger charge is -2.34. The fourth-order valence-electron chi connectivity index (χ4n) is 3.67. The van der Waals surface area contributed by atoms with Gasteiger partial charge in [-0.2, -0.15) is 0 Å². The number of nitrogens with one attached hydrogen (secondary N) is 1. The Morgan fingerprint density at radius 3 is 2.60 bits per heavy atom. The minimum atomic E-state index is -0.408. The summed E-state index contributed by atoms with van der Waals surface area (Å²) in [5.74, 6) is 1.43. The van der Waals surface area contributed by atoms with Crippen LogP contribution in [0.2, 0.25) is 0 Å². The average molecular weight is 342 g/mol. The van der Waals surface area contributed by atoms with Gasteiger partial charge in [-0.1, -0.05) is 12.1 Å². The van der Waals surface area contributed by atoms with E-state index in [0.29, 0.717) is 25.0 Å². The highest BCUT2D eigenvalue weighted by molar-refractivity contribution is 5.89. The van der Waals surface area contributed by atoms with Gasteiger partial charge >= 0.3 is 6.03 Å². The third kappa shape index (κ3) is 3.25. The number of hydrogen-bond donors (Lipinski definition) is 1. The van der Waals surface area contributed by atoms with Crippen molar-refractivity contribution >= 4 is 11.7 Å². The molecule has 0 unspecified atom stereocenters. The van der Waals surface area contributed by atoms with Crippen molar-refractivity contribution in [2.45, 2.75) is 44.6 Å². The lowest BCUT2D eigenvalue weighted by Crippen LogP contribution is -2.41. The predicted molar refractivity (Wildman–Crippen MR) is 94.2 cm³/mol. The van der Waals surface area contributed by atoms with Crippen LogP contribution in [0.4, 0.5) is 14.9 Å². The standard InChI is InChI=1S/C19H23FN4O/c1-13-12-21-18(14-6-7-14)24(13)15-8-10-23(11-9-15)19(25)22-17-5-3-2-4-16(17)20/h2-5,12,14-15H,6-11H2,1H3,(H,22,25). The lowest BCUT2D eigenvalue weighted by molar-refractivity contribution is 0.182. The molecular formula is C19H23FN4O. The topological polar surface area (TPSA) is 50.2 Å². The van der Waals surface area contributed by atoms with Gasteiger partial charge in [0.05, 0.1) is 5.69 Å². The monoisotopic (exact) mass is 342 g/mol. The van der Waals surface area contributed by atoms with Gasteiger partial charge in [-0.15, -0.1) is 0 Å². The van der Waals surface area contributed by atoms with Gasteiger partial charge in [0, 0.05) is 36.9 Å². The molecule has 0 spiro atoms. The summed E-state index contributed by atoms with van der Waals surface area (Å²) >= 11 is 0. The molecule has 1 saturated carbocycles. The molecular weight excluding hydrogens is 319 g/mol. The number of benzene rings is 1. The zero-order chi connectivity index (χ0) is 17.4. The lowest BCUT2D eigenvalue weighted by atomic mass is 10.0. The smallest absolute Gasteiger partial charge is 0.321 e. The maximum Gasteiger partial charge on any atom is 0.321 e. The molecule has 1 aromatic heterocycles. The number of aryl methyl sites for hydroxylation is 1. The maximum absolute atomic E-state index is 13.7. The summed E-state index contributed by atoms with van der Waals surface area (Å²) in [6, 6.07) is 6.43. The molecule has 0 radical (unpaired) electrons. The molecule has 2 heterocycles. The molecule has 25 heavy (non-hydrogen) atoms. The van der Waals surface area contributed by atoms with Crippen LogP contribution in [0.5, 0.6) is 0 Å². The number of halogens is 1. The quantitative estimate of drug-likeness (QED) is 0.914. The fraction of sp³-hybridized carbons (Fsp3) is 0.474. The third-order valence-corrected chi connectivity index (χ3v) is 5.19. The van der Waals surface area contributed by atoms with E-state index in [4.69, 9.17) is 0 Å². The number of urea groups is 1. The van der Waals surface area contributed by atoms with Crippen molar-refractivity contribution in [1.82, 2.24) is 14.5 Å².